The molecule has 0 amide bonds. The molecule has 0 spiro atoms. The van der Waals surface area contributed by atoms with Crippen LogP contribution in [0.2, 0.25) is 0 Å². The molecular formula is C63H70N2. The summed E-state index contributed by atoms with van der Waals surface area (Å²) in [6.45, 7) is 9.45. The molecule has 0 saturated carbocycles. The predicted molar refractivity (Wildman–Crippen MR) is 282 cm³/mol. The van der Waals surface area contributed by atoms with Gasteiger partial charge in [-0.05, 0) is 106 Å². The molecule has 0 aliphatic heterocycles. The van der Waals surface area contributed by atoms with E-state index in [0.29, 0.717) is 0 Å². The Morgan fingerprint density at radius 3 is 1.58 bits per heavy atom. The summed E-state index contributed by atoms with van der Waals surface area (Å²) in [7, 11) is 0. The van der Waals surface area contributed by atoms with Crippen LogP contribution in [0.15, 0.2) is 158 Å². The highest BCUT2D eigenvalue weighted by molar-refractivity contribution is 6.09. The number of para-hydroxylation sites is 2. The van der Waals surface area contributed by atoms with E-state index in [1.807, 2.05) is 0 Å². The molecule has 1 aromatic heterocycles. The lowest BCUT2D eigenvalue weighted by molar-refractivity contribution is 0.398. The maximum absolute atomic E-state index is 2.63. The Labute approximate surface area is 390 Å². The number of benzene rings is 7. The first-order chi connectivity index (χ1) is 31.5. The molecule has 2 heteroatoms. The van der Waals surface area contributed by atoms with Gasteiger partial charge in [-0.25, -0.2) is 0 Å². The van der Waals surface area contributed by atoms with Gasteiger partial charge >= 0.3 is 0 Å². The normalized spacial score (nSPS) is 13.9. The van der Waals surface area contributed by atoms with Gasteiger partial charge in [0, 0.05) is 44.2 Å². The number of aromatic nitrogens is 1. The van der Waals surface area contributed by atoms with Crippen LogP contribution in [0.1, 0.15) is 147 Å². The third-order valence-corrected chi connectivity index (χ3v) is 15.2. The van der Waals surface area contributed by atoms with E-state index >= 15 is 0 Å². The lowest BCUT2D eigenvalue weighted by Gasteiger charge is -2.34. The van der Waals surface area contributed by atoms with Gasteiger partial charge < -0.3 is 9.47 Å². The highest BCUT2D eigenvalue weighted by Gasteiger charge is 2.43. The zero-order chi connectivity index (χ0) is 43.7. The third kappa shape index (κ3) is 7.81. The molecule has 0 N–H and O–H groups in total. The van der Waals surface area contributed by atoms with Crippen molar-refractivity contribution in [3.05, 3.63) is 180 Å². The van der Waals surface area contributed by atoms with E-state index in [-0.39, 0.29) is 18.3 Å². The van der Waals surface area contributed by atoms with Crippen LogP contribution < -0.4 is 4.90 Å². The van der Waals surface area contributed by atoms with E-state index in [1.54, 1.807) is 5.56 Å². The summed E-state index contributed by atoms with van der Waals surface area (Å²) in [5.74, 6) is 0. The molecule has 2 nitrogen and oxygen atoms in total. The minimum Gasteiger partial charge on any atom is -0.310 e. The van der Waals surface area contributed by atoms with Gasteiger partial charge in [0.15, 0.2) is 0 Å². The van der Waals surface area contributed by atoms with Crippen LogP contribution in [0.4, 0.5) is 17.1 Å². The van der Waals surface area contributed by atoms with Gasteiger partial charge in [0.2, 0.25) is 0 Å². The monoisotopic (exact) mass is 855 g/mol. The Morgan fingerprint density at radius 1 is 0.431 bits per heavy atom. The van der Waals surface area contributed by atoms with Gasteiger partial charge in [0.1, 0.15) is 0 Å². The molecule has 2 aliphatic rings. The molecule has 8 aromatic rings. The lowest BCUT2D eigenvalue weighted by atomic mass is 9.70. The Bertz CT molecular complexity index is 2840. The zero-order valence-corrected chi connectivity index (χ0v) is 38.8. The molecule has 0 atom stereocenters. The van der Waals surface area contributed by atoms with Gasteiger partial charge in [0.05, 0.1) is 16.7 Å². The minimum absolute atomic E-state index is 0. The molecule has 0 fully saturated rings. The van der Waals surface area contributed by atoms with Crippen molar-refractivity contribution in [2.24, 2.45) is 0 Å². The molecule has 0 bridgehead atoms. The molecule has 10 rings (SSSR count). The fourth-order valence-electron chi connectivity index (χ4n) is 12.0. The second kappa shape index (κ2) is 18.9. The smallest absolute Gasteiger partial charge is 0.0543 e. The molecular weight excluding hydrogens is 785 g/mol. The van der Waals surface area contributed by atoms with Gasteiger partial charge in [-0.15, -0.1) is 0 Å². The van der Waals surface area contributed by atoms with E-state index in [2.05, 4.69) is 195 Å². The minimum atomic E-state index is -0.100. The van der Waals surface area contributed by atoms with E-state index < -0.39 is 0 Å². The maximum Gasteiger partial charge on any atom is 0.0543 e. The van der Waals surface area contributed by atoms with Crippen LogP contribution in [-0.2, 0) is 10.8 Å². The van der Waals surface area contributed by atoms with E-state index in [9.17, 15) is 0 Å². The summed E-state index contributed by atoms with van der Waals surface area (Å²) in [5.41, 5.74) is 18.7. The van der Waals surface area contributed by atoms with Crippen molar-refractivity contribution in [3.8, 4) is 27.9 Å². The number of hydrogen-bond acceptors (Lipinski definition) is 1. The van der Waals surface area contributed by atoms with Gasteiger partial charge in [-0.1, -0.05) is 215 Å². The molecule has 0 saturated heterocycles. The topological polar surface area (TPSA) is 8.17 Å². The SMILES string of the molecule is C.CCCCCCCCC1(CCCCCCCC)c2ccccc2-c2ccc(N(c3ccc(-n4c5ccccc5c5ccccc54)cc3)c3cccc4c3-c3ccccc3C4(C)C)cc21. The highest BCUT2D eigenvalue weighted by atomic mass is 15.1. The average Bonchev–Trinajstić information content (AvgIpc) is 3.90. The molecule has 0 unspecified atom stereocenters. The first-order valence-electron chi connectivity index (χ1n) is 24.8. The van der Waals surface area contributed by atoms with Crippen LogP contribution in [0.3, 0.4) is 0 Å². The Hall–Kier alpha value is -5.86. The second-order valence-corrected chi connectivity index (χ2v) is 19.5. The summed E-state index contributed by atoms with van der Waals surface area (Å²) in [6.07, 6.45) is 18.2. The zero-order valence-electron chi connectivity index (χ0n) is 38.8. The number of unbranched alkanes of at least 4 members (excludes halogenated alkanes) is 10. The van der Waals surface area contributed by atoms with Crippen LogP contribution in [0, 0.1) is 0 Å². The van der Waals surface area contributed by atoms with Crippen molar-refractivity contribution < 1.29 is 0 Å². The number of hydrogen-bond donors (Lipinski definition) is 0. The Morgan fingerprint density at radius 2 is 0.938 bits per heavy atom. The first-order valence-corrected chi connectivity index (χ1v) is 24.8. The Kier molecular flexibility index (Phi) is 12.9. The quantitative estimate of drug-likeness (QED) is 0.0781. The summed E-state index contributed by atoms with van der Waals surface area (Å²) in [4.78, 5) is 2.59. The summed E-state index contributed by atoms with van der Waals surface area (Å²) >= 11 is 0. The predicted octanol–water partition coefficient (Wildman–Crippen LogP) is 19.0. The number of anilines is 3. The number of nitrogens with zero attached hydrogens (tertiary/aromatic N) is 2. The van der Waals surface area contributed by atoms with E-state index in [0.717, 1.165) is 0 Å². The fourth-order valence-corrected chi connectivity index (χ4v) is 12.0. The average molecular weight is 855 g/mol. The van der Waals surface area contributed by atoms with Crippen LogP contribution in [-0.4, -0.2) is 4.57 Å². The Balaban J connectivity index is 0.00000533. The van der Waals surface area contributed by atoms with Gasteiger partial charge in [0.25, 0.3) is 0 Å². The van der Waals surface area contributed by atoms with Crippen molar-refractivity contribution in [1.82, 2.24) is 4.57 Å². The number of rotatable bonds is 18. The molecule has 0 radical (unpaired) electrons. The van der Waals surface area contributed by atoms with Gasteiger partial charge in [-0.2, -0.15) is 0 Å². The van der Waals surface area contributed by atoms with E-state index in [1.165, 1.54) is 173 Å². The first kappa shape index (κ1) is 44.3. The molecule has 7 aromatic carbocycles. The molecule has 65 heavy (non-hydrogen) atoms. The molecule has 1 heterocycles. The van der Waals surface area contributed by atoms with E-state index in [4.69, 9.17) is 0 Å². The van der Waals surface area contributed by atoms with Crippen molar-refractivity contribution in [3.63, 3.8) is 0 Å². The number of fused-ring (bicyclic) bond motifs is 9. The fraction of sp³-hybridized carbons (Fsp3) is 0.333. The van der Waals surface area contributed by atoms with Crippen LogP contribution in [0.5, 0.6) is 0 Å². The highest BCUT2D eigenvalue weighted by Crippen LogP contribution is 2.58. The van der Waals surface area contributed by atoms with Gasteiger partial charge in [-0.3, -0.25) is 0 Å². The molecule has 332 valence electrons. The summed E-state index contributed by atoms with van der Waals surface area (Å²) < 4.78 is 2.43. The summed E-state index contributed by atoms with van der Waals surface area (Å²) in [5, 5.41) is 2.57. The van der Waals surface area contributed by atoms with Crippen LogP contribution >= 0.6 is 0 Å². The van der Waals surface area contributed by atoms with Crippen molar-refractivity contribution in [2.75, 3.05) is 4.90 Å². The largest absolute Gasteiger partial charge is 0.310 e. The second-order valence-electron chi connectivity index (χ2n) is 19.5. The summed E-state index contributed by atoms with van der Waals surface area (Å²) in [6, 6.07) is 60.2. The molecule has 2 aliphatic carbocycles. The van der Waals surface area contributed by atoms with Crippen molar-refractivity contribution >= 4 is 38.9 Å². The third-order valence-electron chi connectivity index (χ3n) is 15.2. The van der Waals surface area contributed by atoms with Crippen molar-refractivity contribution in [1.29, 1.82) is 0 Å². The standard InChI is InChI=1S/C62H66N2.CH4/c1-5-7-9-11-13-23-42-62(43-24-14-12-10-8-6-2)54-31-20-15-26-48(54)49-41-40-47(44-56(49)62)63(59-35-25-32-55-60(59)52-29-16-19-30-53(52)61(55,3)4)45-36-38-46(39-37-45)64-57-33-21-17-27-50(57)51-28-18-22-34-58(51)64;/h15-22,25-41,44H,5-14,23-24,42-43H2,1-4H3;1H4. The maximum atomic E-state index is 2.63. The van der Waals surface area contributed by atoms with Crippen molar-refractivity contribution in [2.45, 2.75) is 136 Å². The lowest BCUT2D eigenvalue weighted by Crippen LogP contribution is -2.26. The van der Waals surface area contributed by atoms with Crippen LogP contribution in [0.25, 0.3) is 49.7 Å².